The number of methoxy groups -OCH3 is 1. The van der Waals surface area contributed by atoms with Gasteiger partial charge in [0.2, 0.25) is 5.95 Å². The molecular weight excluding hydrogens is 288 g/mol. The number of anilines is 3. The van der Waals surface area contributed by atoms with Crippen molar-refractivity contribution >= 4 is 17.3 Å². The Hall–Kier alpha value is -2.14. The summed E-state index contributed by atoms with van der Waals surface area (Å²) >= 11 is 0. The summed E-state index contributed by atoms with van der Waals surface area (Å²) in [5, 5.41) is 0. The van der Waals surface area contributed by atoms with Crippen molar-refractivity contribution in [2.45, 2.75) is 27.4 Å². The number of nitrogens with zero attached hydrogens (tertiary/aromatic N) is 4. The van der Waals surface area contributed by atoms with Crippen molar-refractivity contribution < 1.29 is 4.74 Å². The zero-order valence-corrected chi connectivity index (χ0v) is 14.9. The van der Waals surface area contributed by atoms with E-state index in [0.717, 1.165) is 40.8 Å². The lowest BCUT2D eigenvalue weighted by Gasteiger charge is -2.27. The normalized spacial score (nSPS) is 10.7. The Morgan fingerprint density at radius 2 is 1.65 bits per heavy atom. The predicted molar refractivity (Wildman–Crippen MR) is 95.7 cm³/mol. The number of hydrogen-bond donors (Lipinski definition) is 0. The van der Waals surface area contributed by atoms with E-state index in [-0.39, 0.29) is 0 Å². The molecule has 0 spiro atoms. The Morgan fingerprint density at radius 3 is 2.17 bits per heavy atom. The van der Waals surface area contributed by atoms with E-state index in [1.807, 2.05) is 34.0 Å². The van der Waals surface area contributed by atoms with Crippen LogP contribution in [0.3, 0.4) is 0 Å². The fourth-order valence-corrected chi connectivity index (χ4v) is 2.66. The summed E-state index contributed by atoms with van der Waals surface area (Å²) in [5.74, 6) is 0.743. The van der Waals surface area contributed by atoms with Gasteiger partial charge in [-0.25, -0.2) is 9.97 Å². The van der Waals surface area contributed by atoms with Crippen molar-refractivity contribution in [3.63, 3.8) is 0 Å². The van der Waals surface area contributed by atoms with Crippen LogP contribution >= 0.6 is 0 Å². The van der Waals surface area contributed by atoms with Crippen LogP contribution in [0.5, 0.6) is 0 Å². The molecule has 0 amide bonds. The first kappa shape index (κ1) is 17.2. The zero-order chi connectivity index (χ0) is 17.0. The smallest absolute Gasteiger partial charge is 0.230 e. The van der Waals surface area contributed by atoms with Crippen molar-refractivity contribution in [1.82, 2.24) is 9.97 Å². The average Bonchev–Trinajstić information content (AvgIpc) is 2.48. The minimum absolute atomic E-state index is 0.604. The maximum Gasteiger partial charge on any atom is 0.230 e. The standard InChI is InChI=1S/C18H26N4O/c1-7-22(18-19-13(2)10-14(3)20-18)16-9-8-15(12-23-6)11-17(16)21(4)5/h8-11H,7,12H2,1-6H3. The number of benzene rings is 1. The van der Waals surface area contributed by atoms with E-state index in [1.54, 1.807) is 7.11 Å². The second-order valence-corrected chi connectivity index (χ2v) is 5.85. The number of ether oxygens (including phenoxy) is 1. The van der Waals surface area contributed by atoms with Crippen LogP contribution in [0.25, 0.3) is 0 Å². The van der Waals surface area contributed by atoms with Gasteiger partial charge in [-0.3, -0.25) is 0 Å². The molecule has 0 unspecified atom stereocenters. The molecule has 0 atom stereocenters. The molecule has 1 aromatic heterocycles. The van der Waals surface area contributed by atoms with E-state index in [2.05, 4.69) is 44.9 Å². The first-order chi connectivity index (χ1) is 11.0. The van der Waals surface area contributed by atoms with Crippen molar-refractivity contribution in [2.24, 2.45) is 0 Å². The van der Waals surface area contributed by atoms with Gasteiger partial charge in [-0.15, -0.1) is 0 Å². The molecule has 0 aliphatic heterocycles. The molecule has 0 aliphatic carbocycles. The summed E-state index contributed by atoms with van der Waals surface area (Å²) in [5.41, 5.74) is 5.34. The fraction of sp³-hybridized carbons (Fsp3) is 0.444. The van der Waals surface area contributed by atoms with Crippen molar-refractivity contribution in [1.29, 1.82) is 0 Å². The summed E-state index contributed by atoms with van der Waals surface area (Å²) < 4.78 is 5.25. The first-order valence-electron chi connectivity index (χ1n) is 7.85. The molecule has 1 heterocycles. The molecule has 23 heavy (non-hydrogen) atoms. The summed E-state index contributed by atoms with van der Waals surface area (Å²) in [6, 6.07) is 8.36. The van der Waals surface area contributed by atoms with Crippen molar-refractivity contribution in [2.75, 3.05) is 37.5 Å². The Morgan fingerprint density at radius 1 is 1.00 bits per heavy atom. The SMILES string of the molecule is CCN(c1nc(C)cc(C)n1)c1ccc(COC)cc1N(C)C. The molecular formula is C18H26N4O. The number of aryl methyl sites for hydroxylation is 2. The van der Waals surface area contributed by atoms with Gasteiger partial charge in [-0.1, -0.05) is 6.07 Å². The summed E-state index contributed by atoms with van der Waals surface area (Å²) in [6.45, 7) is 7.52. The minimum Gasteiger partial charge on any atom is -0.380 e. The second kappa shape index (κ2) is 7.42. The molecule has 1 aromatic carbocycles. The van der Waals surface area contributed by atoms with Gasteiger partial charge in [0, 0.05) is 39.1 Å². The van der Waals surface area contributed by atoms with E-state index in [4.69, 9.17) is 4.74 Å². The monoisotopic (exact) mass is 314 g/mol. The van der Waals surface area contributed by atoms with Crippen LogP contribution in [0.15, 0.2) is 24.3 Å². The van der Waals surface area contributed by atoms with Gasteiger partial charge in [0.1, 0.15) is 0 Å². The van der Waals surface area contributed by atoms with Crippen LogP contribution < -0.4 is 9.80 Å². The Bertz CT molecular complexity index is 650. The van der Waals surface area contributed by atoms with Crippen LogP contribution in [0.2, 0.25) is 0 Å². The highest BCUT2D eigenvalue weighted by Gasteiger charge is 2.17. The Labute approximate surface area is 138 Å². The Balaban J connectivity index is 2.52. The molecule has 0 saturated carbocycles. The summed E-state index contributed by atoms with van der Waals surface area (Å²) in [4.78, 5) is 13.5. The molecule has 0 fully saturated rings. The second-order valence-electron chi connectivity index (χ2n) is 5.85. The molecule has 2 aromatic rings. The molecule has 5 nitrogen and oxygen atoms in total. The van der Waals surface area contributed by atoms with Crippen molar-refractivity contribution in [3.05, 3.63) is 41.2 Å². The fourth-order valence-electron chi connectivity index (χ4n) is 2.66. The van der Waals surface area contributed by atoms with Crippen LogP contribution in [-0.4, -0.2) is 37.7 Å². The summed E-state index contributed by atoms with van der Waals surface area (Å²) in [7, 11) is 5.81. The molecule has 5 heteroatoms. The Kier molecular flexibility index (Phi) is 5.55. The molecule has 0 bridgehead atoms. The lowest BCUT2D eigenvalue weighted by molar-refractivity contribution is 0.185. The average molecular weight is 314 g/mol. The first-order valence-corrected chi connectivity index (χ1v) is 7.85. The maximum absolute atomic E-state index is 5.25. The van der Waals surface area contributed by atoms with Crippen LogP contribution in [0, 0.1) is 13.8 Å². The lowest BCUT2D eigenvalue weighted by Crippen LogP contribution is -2.23. The maximum atomic E-state index is 5.25. The van der Waals surface area contributed by atoms with Gasteiger partial charge < -0.3 is 14.5 Å². The van der Waals surface area contributed by atoms with Gasteiger partial charge in [-0.05, 0) is 44.5 Å². The lowest BCUT2D eigenvalue weighted by atomic mass is 10.1. The highest BCUT2D eigenvalue weighted by Crippen LogP contribution is 2.33. The van der Waals surface area contributed by atoms with Gasteiger partial charge in [0.15, 0.2) is 0 Å². The zero-order valence-electron chi connectivity index (χ0n) is 14.9. The number of rotatable bonds is 6. The third-order valence-corrected chi connectivity index (χ3v) is 3.65. The molecule has 124 valence electrons. The highest BCUT2D eigenvalue weighted by molar-refractivity contribution is 5.75. The van der Waals surface area contributed by atoms with Gasteiger partial charge in [-0.2, -0.15) is 0 Å². The molecule has 0 aliphatic rings. The van der Waals surface area contributed by atoms with Gasteiger partial charge >= 0.3 is 0 Å². The third kappa shape index (κ3) is 3.99. The van der Waals surface area contributed by atoms with Crippen LogP contribution in [0.1, 0.15) is 23.9 Å². The van der Waals surface area contributed by atoms with Crippen LogP contribution in [-0.2, 0) is 11.3 Å². The van der Waals surface area contributed by atoms with E-state index in [0.29, 0.717) is 6.61 Å². The topological polar surface area (TPSA) is 41.5 Å². The van der Waals surface area contributed by atoms with Crippen LogP contribution in [0.4, 0.5) is 17.3 Å². The number of aromatic nitrogens is 2. The molecule has 0 N–H and O–H groups in total. The number of hydrogen-bond acceptors (Lipinski definition) is 5. The van der Waals surface area contributed by atoms with E-state index >= 15 is 0 Å². The quantitative estimate of drug-likeness (QED) is 0.816. The van der Waals surface area contributed by atoms with Gasteiger partial charge in [0.25, 0.3) is 0 Å². The molecule has 0 saturated heterocycles. The van der Waals surface area contributed by atoms with Crippen molar-refractivity contribution in [3.8, 4) is 0 Å². The van der Waals surface area contributed by atoms with Gasteiger partial charge in [0.05, 0.1) is 18.0 Å². The molecule has 0 radical (unpaired) electrons. The predicted octanol–water partition coefficient (Wildman–Crippen LogP) is 3.46. The minimum atomic E-state index is 0.604. The highest BCUT2D eigenvalue weighted by atomic mass is 16.5. The largest absolute Gasteiger partial charge is 0.380 e. The third-order valence-electron chi connectivity index (χ3n) is 3.65. The van der Waals surface area contributed by atoms with E-state index in [1.165, 1.54) is 0 Å². The summed E-state index contributed by atoms with van der Waals surface area (Å²) in [6.07, 6.45) is 0. The van der Waals surface area contributed by atoms with E-state index < -0.39 is 0 Å². The molecule has 2 rings (SSSR count). The van der Waals surface area contributed by atoms with E-state index in [9.17, 15) is 0 Å².